The van der Waals surface area contributed by atoms with Crippen LogP contribution >= 0.6 is 11.6 Å². The largest absolute Gasteiger partial charge is 0.454 e. The lowest BCUT2D eigenvalue weighted by Gasteiger charge is -2.56. The summed E-state index contributed by atoms with van der Waals surface area (Å²) in [7, 11) is 0. The third-order valence-corrected chi connectivity index (χ3v) is 6.56. The van der Waals surface area contributed by atoms with Crippen molar-refractivity contribution >= 4 is 29.4 Å². The zero-order chi connectivity index (χ0) is 19.7. The summed E-state index contributed by atoms with van der Waals surface area (Å²) in [4.78, 5) is 36.2. The van der Waals surface area contributed by atoms with Crippen molar-refractivity contribution in [3.8, 4) is 0 Å². The van der Waals surface area contributed by atoms with E-state index in [1.807, 2.05) is 0 Å². The number of amides is 2. The fourth-order valence-electron chi connectivity index (χ4n) is 5.65. The number of carbonyl (C=O) groups excluding carboxylic acids is 3. The van der Waals surface area contributed by atoms with E-state index >= 15 is 0 Å². The third kappa shape index (κ3) is 4.32. The Labute approximate surface area is 169 Å². The van der Waals surface area contributed by atoms with Crippen LogP contribution in [0, 0.1) is 17.8 Å². The first-order chi connectivity index (χ1) is 13.4. The van der Waals surface area contributed by atoms with Crippen LogP contribution in [0.25, 0.3) is 0 Å². The van der Waals surface area contributed by atoms with Gasteiger partial charge in [-0.05, 0) is 80.5 Å². The molecule has 150 valence electrons. The van der Waals surface area contributed by atoms with Crippen molar-refractivity contribution < 1.29 is 19.1 Å². The van der Waals surface area contributed by atoms with Crippen LogP contribution in [0.15, 0.2) is 24.3 Å². The Bertz CT molecular complexity index is 742. The van der Waals surface area contributed by atoms with Gasteiger partial charge in [0.1, 0.15) is 6.54 Å². The predicted molar refractivity (Wildman–Crippen MR) is 104 cm³/mol. The smallest absolute Gasteiger partial charge is 0.325 e. The van der Waals surface area contributed by atoms with Gasteiger partial charge in [-0.2, -0.15) is 0 Å². The number of esters is 1. The van der Waals surface area contributed by atoms with E-state index < -0.39 is 11.9 Å². The molecule has 6 nitrogen and oxygen atoms in total. The minimum absolute atomic E-state index is 0.0962. The van der Waals surface area contributed by atoms with E-state index in [9.17, 15) is 14.4 Å². The zero-order valence-corrected chi connectivity index (χ0v) is 16.5. The maximum atomic E-state index is 12.3. The summed E-state index contributed by atoms with van der Waals surface area (Å²) in [6.45, 7) is -0.594. The molecule has 4 bridgehead atoms. The number of nitrogens with one attached hydrogen (secondary N) is 2. The van der Waals surface area contributed by atoms with E-state index in [0.717, 1.165) is 37.0 Å². The lowest BCUT2D eigenvalue weighted by Crippen LogP contribution is -2.60. The van der Waals surface area contributed by atoms with Crippen LogP contribution in [0.5, 0.6) is 0 Å². The number of hydrogen-bond acceptors (Lipinski definition) is 4. The first-order valence-corrected chi connectivity index (χ1v) is 10.3. The number of halogens is 1. The van der Waals surface area contributed by atoms with E-state index in [2.05, 4.69) is 10.6 Å². The quantitative estimate of drug-likeness (QED) is 0.714. The summed E-state index contributed by atoms with van der Waals surface area (Å²) in [6, 6.07) is 6.34. The Morgan fingerprint density at radius 1 is 1.00 bits per heavy atom. The lowest BCUT2D eigenvalue weighted by atomic mass is 9.53. The Morgan fingerprint density at radius 2 is 1.57 bits per heavy atom. The Kier molecular flexibility index (Phi) is 5.32. The fourth-order valence-corrected chi connectivity index (χ4v) is 5.77. The van der Waals surface area contributed by atoms with Gasteiger partial charge in [0.25, 0.3) is 11.8 Å². The molecule has 0 atom stereocenters. The van der Waals surface area contributed by atoms with Crippen molar-refractivity contribution in [2.75, 3.05) is 13.2 Å². The van der Waals surface area contributed by atoms with Gasteiger partial charge in [-0.3, -0.25) is 14.4 Å². The second-order valence-electron chi connectivity index (χ2n) is 8.60. The summed E-state index contributed by atoms with van der Waals surface area (Å²) in [5, 5.41) is 6.17. The summed E-state index contributed by atoms with van der Waals surface area (Å²) in [5.74, 6) is 0.917. The van der Waals surface area contributed by atoms with Gasteiger partial charge in [-0.1, -0.05) is 11.6 Å². The highest BCUT2D eigenvalue weighted by Crippen LogP contribution is 2.55. The second kappa shape index (κ2) is 7.74. The number of ether oxygens (including phenoxy) is 1. The number of hydrogen-bond donors (Lipinski definition) is 2. The summed E-state index contributed by atoms with van der Waals surface area (Å²) < 4.78 is 5.04. The molecular weight excluding hydrogens is 380 g/mol. The molecule has 7 heteroatoms. The monoisotopic (exact) mass is 404 g/mol. The molecule has 28 heavy (non-hydrogen) atoms. The summed E-state index contributed by atoms with van der Waals surface area (Å²) in [5.41, 5.74) is 0.304. The van der Waals surface area contributed by atoms with E-state index in [0.29, 0.717) is 10.6 Å². The molecular formula is C21H25ClN2O4. The molecule has 1 aromatic rings. The third-order valence-electron chi connectivity index (χ3n) is 6.31. The van der Waals surface area contributed by atoms with Crippen LogP contribution in [-0.2, 0) is 14.3 Å². The molecule has 0 aromatic heterocycles. The molecule has 5 rings (SSSR count). The standard InChI is InChI=1S/C21H25ClN2O4/c22-17-3-1-16(2-4-17)20(27)23-11-19(26)28-12-18(25)24-21-8-13-5-14(9-21)7-15(6-13)10-21/h1-4,13-15H,5-12H2,(H,23,27)(H,24,25). The van der Waals surface area contributed by atoms with Crippen LogP contribution < -0.4 is 10.6 Å². The van der Waals surface area contributed by atoms with Gasteiger partial charge in [0.15, 0.2) is 6.61 Å². The molecule has 4 fully saturated rings. The van der Waals surface area contributed by atoms with Crippen molar-refractivity contribution in [2.24, 2.45) is 17.8 Å². The molecule has 0 saturated heterocycles. The van der Waals surface area contributed by atoms with Gasteiger partial charge in [-0.25, -0.2) is 0 Å². The van der Waals surface area contributed by atoms with Gasteiger partial charge in [0, 0.05) is 16.1 Å². The maximum absolute atomic E-state index is 12.3. The van der Waals surface area contributed by atoms with E-state index in [1.165, 1.54) is 19.3 Å². The summed E-state index contributed by atoms with van der Waals surface area (Å²) >= 11 is 5.78. The van der Waals surface area contributed by atoms with Crippen LogP contribution in [0.1, 0.15) is 48.9 Å². The van der Waals surface area contributed by atoms with Crippen molar-refractivity contribution in [3.05, 3.63) is 34.9 Å². The highest BCUT2D eigenvalue weighted by Gasteiger charge is 2.51. The van der Waals surface area contributed by atoms with Crippen molar-refractivity contribution in [1.29, 1.82) is 0 Å². The first kappa shape index (κ1) is 19.2. The topological polar surface area (TPSA) is 84.5 Å². The number of rotatable bonds is 6. The highest BCUT2D eigenvalue weighted by molar-refractivity contribution is 6.30. The van der Waals surface area contributed by atoms with Gasteiger partial charge in [-0.15, -0.1) is 0 Å². The van der Waals surface area contributed by atoms with Crippen molar-refractivity contribution in [3.63, 3.8) is 0 Å². The van der Waals surface area contributed by atoms with Crippen LogP contribution in [0.2, 0.25) is 5.02 Å². The average molecular weight is 405 g/mol. The molecule has 4 aliphatic rings. The Morgan fingerprint density at radius 3 is 2.14 bits per heavy atom. The first-order valence-electron chi connectivity index (χ1n) is 9.91. The molecule has 4 aliphatic carbocycles. The van der Waals surface area contributed by atoms with Gasteiger partial charge in [0.2, 0.25) is 0 Å². The molecule has 4 saturated carbocycles. The maximum Gasteiger partial charge on any atom is 0.325 e. The van der Waals surface area contributed by atoms with Crippen molar-refractivity contribution in [2.45, 2.75) is 44.1 Å². The van der Waals surface area contributed by atoms with Gasteiger partial charge in [0.05, 0.1) is 0 Å². The Balaban J connectivity index is 1.20. The molecule has 2 amide bonds. The molecule has 2 N–H and O–H groups in total. The number of carbonyl (C=O) groups is 3. The zero-order valence-electron chi connectivity index (χ0n) is 15.7. The highest BCUT2D eigenvalue weighted by atomic mass is 35.5. The van der Waals surface area contributed by atoms with Crippen LogP contribution in [0.4, 0.5) is 0 Å². The molecule has 1 aromatic carbocycles. The van der Waals surface area contributed by atoms with Gasteiger partial charge < -0.3 is 15.4 Å². The molecule has 0 heterocycles. The molecule has 0 radical (unpaired) electrons. The second-order valence-corrected chi connectivity index (χ2v) is 9.03. The fraction of sp³-hybridized carbons (Fsp3) is 0.571. The summed E-state index contributed by atoms with van der Waals surface area (Å²) in [6.07, 6.45) is 7.06. The average Bonchev–Trinajstić information content (AvgIpc) is 2.63. The molecule has 0 aliphatic heterocycles. The van der Waals surface area contributed by atoms with E-state index in [4.69, 9.17) is 16.3 Å². The minimum atomic E-state index is -0.636. The molecule has 0 spiro atoms. The molecule has 0 unspecified atom stereocenters. The SMILES string of the molecule is O=C(COC(=O)CNC(=O)c1ccc(Cl)cc1)NC12CC3CC(CC(C3)C1)C2. The van der Waals surface area contributed by atoms with Crippen LogP contribution in [-0.4, -0.2) is 36.5 Å². The van der Waals surface area contributed by atoms with Crippen LogP contribution in [0.3, 0.4) is 0 Å². The van der Waals surface area contributed by atoms with Gasteiger partial charge >= 0.3 is 5.97 Å². The number of benzene rings is 1. The van der Waals surface area contributed by atoms with E-state index in [1.54, 1.807) is 24.3 Å². The lowest BCUT2D eigenvalue weighted by molar-refractivity contribution is -0.149. The van der Waals surface area contributed by atoms with Crippen molar-refractivity contribution in [1.82, 2.24) is 10.6 Å². The van der Waals surface area contributed by atoms with E-state index in [-0.39, 0.29) is 24.6 Å². The minimum Gasteiger partial charge on any atom is -0.454 e. The normalized spacial score (nSPS) is 30.0. The predicted octanol–water partition coefficient (Wildman–Crippen LogP) is 2.70. The Hall–Kier alpha value is -2.08.